The van der Waals surface area contributed by atoms with Crippen molar-refractivity contribution in [2.45, 2.75) is 31.2 Å². The lowest BCUT2D eigenvalue weighted by Gasteiger charge is -2.41. The number of rotatable bonds is 4. The summed E-state index contributed by atoms with van der Waals surface area (Å²) < 4.78 is 12.9. The lowest BCUT2D eigenvalue weighted by Crippen LogP contribution is -2.54. The molecule has 1 fully saturated rings. The summed E-state index contributed by atoms with van der Waals surface area (Å²) in [6.07, 6.45) is 2.01. The van der Waals surface area contributed by atoms with Gasteiger partial charge in [0.25, 0.3) is 5.91 Å². The normalized spacial score (nSPS) is 16.7. The van der Waals surface area contributed by atoms with Crippen LogP contribution in [-0.2, 0) is 4.79 Å². The number of carboxylic acids is 1. The van der Waals surface area contributed by atoms with Crippen molar-refractivity contribution < 1.29 is 19.1 Å². The first-order valence-corrected chi connectivity index (χ1v) is 5.68. The first-order chi connectivity index (χ1) is 8.51. The Hall–Kier alpha value is -1.98. The maximum absolute atomic E-state index is 12.9. The van der Waals surface area contributed by atoms with E-state index in [9.17, 15) is 14.0 Å². The second kappa shape index (κ2) is 4.72. The number of nitrogens with one attached hydrogen (secondary N) is 1. The van der Waals surface area contributed by atoms with Gasteiger partial charge in [-0.2, -0.15) is 4.39 Å². The molecule has 2 N–H and O–H groups in total. The zero-order valence-corrected chi connectivity index (χ0v) is 9.65. The Bertz CT molecular complexity index is 486. The van der Waals surface area contributed by atoms with Crippen molar-refractivity contribution in [3.63, 3.8) is 0 Å². The van der Waals surface area contributed by atoms with Gasteiger partial charge < -0.3 is 10.4 Å². The molecular weight excluding hydrogens is 239 g/mol. The van der Waals surface area contributed by atoms with E-state index in [-0.39, 0.29) is 12.1 Å². The second-order valence-corrected chi connectivity index (χ2v) is 4.50. The number of carbonyl (C=O) groups excluding carboxylic acids is 1. The number of amides is 1. The first kappa shape index (κ1) is 12.5. The van der Waals surface area contributed by atoms with E-state index < -0.39 is 23.4 Å². The molecule has 1 heterocycles. The van der Waals surface area contributed by atoms with Crippen LogP contribution in [0.15, 0.2) is 18.2 Å². The molecule has 1 amide bonds. The van der Waals surface area contributed by atoms with E-state index >= 15 is 0 Å². The summed E-state index contributed by atoms with van der Waals surface area (Å²) in [7, 11) is 0. The van der Waals surface area contributed by atoms with Crippen LogP contribution >= 0.6 is 0 Å². The molecule has 0 saturated heterocycles. The summed E-state index contributed by atoms with van der Waals surface area (Å²) >= 11 is 0. The van der Waals surface area contributed by atoms with Crippen molar-refractivity contribution in [2.75, 3.05) is 0 Å². The summed E-state index contributed by atoms with van der Waals surface area (Å²) in [5.41, 5.74) is -0.733. The number of halogens is 1. The summed E-state index contributed by atoms with van der Waals surface area (Å²) in [5, 5.41) is 11.5. The fraction of sp³-hybridized carbons (Fsp3) is 0.417. The fourth-order valence-corrected chi connectivity index (χ4v) is 2.08. The zero-order valence-electron chi connectivity index (χ0n) is 9.65. The van der Waals surface area contributed by atoms with Crippen LogP contribution in [0, 0.1) is 5.95 Å². The summed E-state index contributed by atoms with van der Waals surface area (Å²) in [6, 6.07) is 3.93. The van der Waals surface area contributed by atoms with E-state index in [1.54, 1.807) is 0 Å². The van der Waals surface area contributed by atoms with Gasteiger partial charge in [-0.3, -0.25) is 9.59 Å². The quantitative estimate of drug-likeness (QED) is 0.793. The van der Waals surface area contributed by atoms with Crippen LogP contribution in [-0.4, -0.2) is 27.5 Å². The van der Waals surface area contributed by atoms with Gasteiger partial charge in [0.15, 0.2) is 0 Å². The summed E-state index contributed by atoms with van der Waals surface area (Å²) in [4.78, 5) is 26.1. The Balaban J connectivity index is 2.08. The van der Waals surface area contributed by atoms with Gasteiger partial charge in [0, 0.05) is 0 Å². The highest BCUT2D eigenvalue weighted by atomic mass is 19.1. The van der Waals surface area contributed by atoms with Crippen molar-refractivity contribution in [2.24, 2.45) is 0 Å². The lowest BCUT2D eigenvalue weighted by atomic mass is 9.74. The third kappa shape index (κ3) is 2.64. The van der Waals surface area contributed by atoms with Crippen molar-refractivity contribution in [3.8, 4) is 0 Å². The molecule has 1 aliphatic rings. The second-order valence-electron chi connectivity index (χ2n) is 4.50. The number of hydrogen-bond acceptors (Lipinski definition) is 3. The standard InChI is InChI=1S/C12H13FN2O3/c13-9-4-1-3-8(14-9)11(18)15-12(5-2-6-12)7-10(16)17/h1,3-4H,2,5-7H2,(H,15,18)(H,16,17). The van der Waals surface area contributed by atoms with Gasteiger partial charge >= 0.3 is 5.97 Å². The Kier molecular flexibility index (Phi) is 3.27. The van der Waals surface area contributed by atoms with Gasteiger partial charge in [-0.15, -0.1) is 0 Å². The summed E-state index contributed by atoms with van der Waals surface area (Å²) in [6.45, 7) is 0. The molecule has 5 nitrogen and oxygen atoms in total. The van der Waals surface area contributed by atoms with Crippen LogP contribution in [0.4, 0.5) is 4.39 Å². The molecule has 6 heteroatoms. The predicted octanol–water partition coefficient (Wildman–Crippen LogP) is 1.35. The maximum Gasteiger partial charge on any atom is 0.305 e. The van der Waals surface area contributed by atoms with E-state index in [1.165, 1.54) is 12.1 Å². The highest BCUT2D eigenvalue weighted by molar-refractivity contribution is 5.93. The number of carbonyl (C=O) groups is 2. The highest BCUT2D eigenvalue weighted by Gasteiger charge is 2.40. The van der Waals surface area contributed by atoms with Gasteiger partial charge in [-0.25, -0.2) is 4.98 Å². The van der Waals surface area contributed by atoms with Crippen LogP contribution in [0.5, 0.6) is 0 Å². The average Bonchev–Trinajstić information content (AvgIpc) is 2.25. The molecule has 1 aromatic rings. The third-order valence-electron chi connectivity index (χ3n) is 3.13. The third-order valence-corrected chi connectivity index (χ3v) is 3.13. The molecule has 96 valence electrons. The van der Waals surface area contributed by atoms with Crippen molar-refractivity contribution in [1.29, 1.82) is 0 Å². The monoisotopic (exact) mass is 252 g/mol. The van der Waals surface area contributed by atoms with Crippen LogP contribution in [0.25, 0.3) is 0 Å². The molecule has 0 bridgehead atoms. The molecule has 0 spiro atoms. The summed E-state index contributed by atoms with van der Waals surface area (Å²) in [5.74, 6) is -2.22. The van der Waals surface area contributed by atoms with Crippen molar-refractivity contribution >= 4 is 11.9 Å². The molecule has 1 saturated carbocycles. The molecule has 2 rings (SSSR count). The fourth-order valence-electron chi connectivity index (χ4n) is 2.08. The molecule has 1 aromatic heterocycles. The smallest absolute Gasteiger partial charge is 0.305 e. The van der Waals surface area contributed by atoms with Crippen molar-refractivity contribution in [3.05, 3.63) is 29.8 Å². The van der Waals surface area contributed by atoms with Crippen LogP contribution in [0.3, 0.4) is 0 Å². The SMILES string of the molecule is O=C(O)CC1(NC(=O)c2cccc(F)n2)CCC1. The van der Waals surface area contributed by atoms with Gasteiger partial charge in [0.05, 0.1) is 12.0 Å². The number of carboxylic acid groups (broad SMARTS) is 1. The predicted molar refractivity (Wildman–Crippen MR) is 60.5 cm³/mol. The average molecular weight is 252 g/mol. The lowest BCUT2D eigenvalue weighted by molar-refractivity contribution is -0.139. The van der Waals surface area contributed by atoms with E-state index in [1.807, 2.05) is 0 Å². The molecular formula is C12H13FN2O3. The molecule has 0 atom stereocenters. The number of pyridine rings is 1. The van der Waals surface area contributed by atoms with E-state index in [0.29, 0.717) is 12.8 Å². The van der Waals surface area contributed by atoms with Crippen LogP contribution < -0.4 is 5.32 Å². The molecule has 0 radical (unpaired) electrons. The van der Waals surface area contributed by atoms with E-state index in [4.69, 9.17) is 5.11 Å². The topological polar surface area (TPSA) is 79.3 Å². The largest absolute Gasteiger partial charge is 0.481 e. The van der Waals surface area contributed by atoms with Gasteiger partial charge in [0.1, 0.15) is 5.69 Å². The van der Waals surface area contributed by atoms with E-state index in [0.717, 1.165) is 12.5 Å². The van der Waals surface area contributed by atoms with Gasteiger partial charge in [-0.05, 0) is 31.4 Å². The first-order valence-electron chi connectivity index (χ1n) is 5.68. The number of hydrogen-bond donors (Lipinski definition) is 2. The molecule has 0 unspecified atom stereocenters. The zero-order chi connectivity index (χ0) is 13.2. The molecule has 0 aromatic carbocycles. The highest BCUT2D eigenvalue weighted by Crippen LogP contribution is 2.35. The maximum atomic E-state index is 12.9. The van der Waals surface area contributed by atoms with E-state index in [2.05, 4.69) is 10.3 Å². The van der Waals surface area contributed by atoms with Gasteiger partial charge in [-0.1, -0.05) is 6.07 Å². The molecule has 18 heavy (non-hydrogen) atoms. The molecule has 1 aliphatic carbocycles. The van der Waals surface area contributed by atoms with Crippen LogP contribution in [0.2, 0.25) is 0 Å². The number of aliphatic carboxylic acids is 1. The minimum atomic E-state index is -0.956. The van der Waals surface area contributed by atoms with Crippen LogP contribution in [0.1, 0.15) is 36.2 Å². The minimum Gasteiger partial charge on any atom is -0.481 e. The number of nitrogens with zero attached hydrogens (tertiary/aromatic N) is 1. The molecule has 0 aliphatic heterocycles. The Morgan fingerprint density at radius 1 is 1.44 bits per heavy atom. The minimum absolute atomic E-state index is 0.0355. The van der Waals surface area contributed by atoms with Crippen molar-refractivity contribution in [1.82, 2.24) is 10.3 Å². The number of aromatic nitrogens is 1. The van der Waals surface area contributed by atoms with Gasteiger partial charge in [0.2, 0.25) is 5.95 Å². The Labute approximate surface area is 103 Å². The Morgan fingerprint density at radius 3 is 2.67 bits per heavy atom. The Morgan fingerprint density at radius 2 is 2.17 bits per heavy atom.